The van der Waals surface area contributed by atoms with Gasteiger partial charge in [0.1, 0.15) is 0 Å². The third-order valence-corrected chi connectivity index (χ3v) is 14.4. The van der Waals surface area contributed by atoms with Crippen LogP contribution in [0.4, 0.5) is 0 Å². The minimum absolute atomic E-state index is 0.0199. The average Bonchev–Trinajstić information content (AvgIpc) is 3.53. The summed E-state index contributed by atoms with van der Waals surface area (Å²) in [6.45, 7) is 14.2. The molecule has 2 aromatic carbocycles. The Hall–Kier alpha value is -1.19. The quantitative estimate of drug-likeness (QED) is 0.201. The number of halogens is 2. The second kappa shape index (κ2) is 15.0. The SMILES string of the molecule is COc1cccc2c1[PH+](C(C)(C)C)[C@H]([C@@H]1Oc3cccc(OC)c3[PH+]1C(C)(C)C)O2.[Cl][Ru][Cl].[NH-]Cc1ccccn1. The minimum Gasteiger partial charge on any atom is -0.672 e. The minimum atomic E-state index is -1.16. The van der Waals surface area contributed by atoms with Gasteiger partial charge in [-0.15, -0.1) is 6.54 Å². The number of ether oxygens (including phenoxy) is 4. The van der Waals surface area contributed by atoms with Gasteiger partial charge in [-0.1, -0.05) is 18.2 Å². The van der Waals surface area contributed by atoms with Gasteiger partial charge in [-0.05, 0) is 77.9 Å². The molecule has 0 saturated heterocycles. The van der Waals surface area contributed by atoms with Gasteiger partial charge in [0.05, 0.1) is 40.4 Å². The molecule has 226 valence electrons. The number of pyridine rings is 1. The topological polar surface area (TPSA) is 73.6 Å². The Morgan fingerprint density at radius 1 is 0.780 bits per heavy atom. The Kier molecular flexibility index (Phi) is 12.6. The van der Waals surface area contributed by atoms with Gasteiger partial charge < -0.3 is 24.7 Å². The first-order chi connectivity index (χ1) is 19.4. The van der Waals surface area contributed by atoms with Crippen molar-refractivity contribution in [3.05, 3.63) is 72.2 Å². The molecule has 0 saturated carbocycles. The van der Waals surface area contributed by atoms with Gasteiger partial charge in [-0.2, -0.15) is 0 Å². The molecule has 0 radical (unpaired) electrons. The molecule has 41 heavy (non-hydrogen) atoms. The maximum Gasteiger partial charge on any atom is 0.0270 e. The van der Waals surface area contributed by atoms with Crippen molar-refractivity contribution in [3.8, 4) is 23.0 Å². The maximum atomic E-state index is 6.88. The molecule has 6 nitrogen and oxygen atoms in total. The van der Waals surface area contributed by atoms with Crippen molar-refractivity contribution >= 4 is 45.8 Å². The van der Waals surface area contributed by atoms with E-state index in [2.05, 4.69) is 70.8 Å². The Morgan fingerprint density at radius 3 is 1.51 bits per heavy atom. The molecule has 0 aliphatic carbocycles. The molecule has 11 heteroatoms. The van der Waals surface area contributed by atoms with Crippen molar-refractivity contribution in [2.45, 2.75) is 70.1 Å². The first-order valence-electron chi connectivity index (χ1n) is 13.2. The summed E-state index contributed by atoms with van der Waals surface area (Å²) in [5.41, 5.74) is 7.71. The van der Waals surface area contributed by atoms with Crippen molar-refractivity contribution in [2.24, 2.45) is 0 Å². The fraction of sp³-hybridized carbons (Fsp3) is 0.433. The van der Waals surface area contributed by atoms with Crippen LogP contribution in [0.2, 0.25) is 0 Å². The van der Waals surface area contributed by atoms with Gasteiger partial charge in [0.15, 0.2) is 33.6 Å². The summed E-state index contributed by atoms with van der Waals surface area (Å²) >= 11 is -0.346. The van der Waals surface area contributed by atoms with Crippen LogP contribution in [0.25, 0.3) is 5.73 Å². The summed E-state index contributed by atoms with van der Waals surface area (Å²) in [6, 6.07) is 17.9. The Bertz CT molecular complexity index is 1200. The number of aromatic nitrogens is 1. The number of nitrogens with one attached hydrogen (secondary N) is 1. The van der Waals surface area contributed by atoms with Crippen LogP contribution in [0, 0.1) is 0 Å². The zero-order valence-corrected chi connectivity index (χ0v) is 30.1. The molecule has 5 rings (SSSR count). The van der Waals surface area contributed by atoms with Gasteiger partial charge in [0, 0.05) is 11.9 Å². The third-order valence-electron chi connectivity index (χ3n) is 6.83. The van der Waals surface area contributed by atoms with Gasteiger partial charge in [0.2, 0.25) is 0 Å². The molecule has 0 bridgehead atoms. The van der Waals surface area contributed by atoms with Crippen molar-refractivity contribution in [3.63, 3.8) is 0 Å². The van der Waals surface area contributed by atoms with Crippen LogP contribution in [-0.4, -0.2) is 41.2 Å². The van der Waals surface area contributed by atoms with E-state index in [-0.39, 0.29) is 43.7 Å². The fourth-order valence-electron chi connectivity index (χ4n) is 5.30. The van der Waals surface area contributed by atoms with Gasteiger partial charge in [-0.3, -0.25) is 4.98 Å². The van der Waals surface area contributed by atoms with Crippen molar-refractivity contribution in [1.29, 1.82) is 0 Å². The van der Waals surface area contributed by atoms with E-state index < -0.39 is 15.8 Å². The van der Waals surface area contributed by atoms with E-state index in [1.54, 1.807) is 20.4 Å². The van der Waals surface area contributed by atoms with E-state index in [1.165, 1.54) is 10.6 Å². The molecule has 0 spiro atoms. The van der Waals surface area contributed by atoms with Crippen LogP contribution in [0.15, 0.2) is 60.8 Å². The summed E-state index contributed by atoms with van der Waals surface area (Å²) in [5.74, 6) is 3.85. The van der Waals surface area contributed by atoms with E-state index in [0.717, 1.165) is 28.7 Å². The van der Waals surface area contributed by atoms with Crippen LogP contribution in [-0.2, 0) is 21.7 Å². The Labute approximate surface area is 263 Å². The van der Waals surface area contributed by atoms with Crippen molar-refractivity contribution < 1.29 is 34.1 Å². The number of benzene rings is 2. The zero-order chi connectivity index (χ0) is 30.4. The number of rotatable bonds is 4. The fourth-order valence-corrected chi connectivity index (χ4v) is 13.0. The molecule has 0 fully saturated rings. The van der Waals surface area contributed by atoms with Crippen LogP contribution < -0.4 is 29.6 Å². The molecule has 1 N–H and O–H groups in total. The summed E-state index contributed by atoms with van der Waals surface area (Å²) in [5, 5.41) is 2.71. The predicted octanol–water partition coefficient (Wildman–Crippen LogP) is 8.13. The predicted molar refractivity (Wildman–Crippen MR) is 174 cm³/mol. The summed E-state index contributed by atoms with van der Waals surface area (Å²) in [4.78, 5) is 3.91. The molecule has 2 unspecified atom stereocenters. The normalized spacial score (nSPS) is 20.8. The van der Waals surface area contributed by atoms with Crippen molar-refractivity contribution in [1.82, 2.24) is 4.98 Å². The van der Waals surface area contributed by atoms with E-state index >= 15 is 0 Å². The van der Waals surface area contributed by atoms with Crippen molar-refractivity contribution in [2.75, 3.05) is 14.2 Å². The number of hydrogen-bond donors (Lipinski definition) is 0. The summed E-state index contributed by atoms with van der Waals surface area (Å²) in [6.07, 6.45) is 1.70. The average molecular weight is 728 g/mol. The standard InChI is InChI=1S/C24H32O4P2.C6H7N2.2ClH.Ru/c1-23(2,3)29-19-15(25-7)11-9-13-17(19)27-21(29)22-28-18-14-10-12-16(26-8)20(18)30(22)24(4,5)6;7-5-6-3-1-2-4-8-6;;;/h9-14,21-22H,1-8H3;1-4,7H,5H2;2*1H;/q;-1;;;+2/t21-,22-,29?,30?;;;;/m1..../s1. The molecule has 0 amide bonds. The largest absolute Gasteiger partial charge is 0.672 e. The number of hydrogen-bond acceptors (Lipinski definition) is 5. The van der Waals surface area contributed by atoms with Gasteiger partial charge in [-0.25, -0.2) is 0 Å². The molecule has 2 aliphatic rings. The molecule has 2 aliphatic heterocycles. The monoisotopic (exact) mass is 727 g/mol. The van der Waals surface area contributed by atoms with E-state index in [9.17, 15) is 0 Å². The van der Waals surface area contributed by atoms with Gasteiger partial charge in [0.25, 0.3) is 11.7 Å². The van der Waals surface area contributed by atoms with Crippen LogP contribution in [0.1, 0.15) is 47.2 Å². The smallest absolute Gasteiger partial charge is 0.0270 e. The Balaban J connectivity index is 0.000000354. The molecule has 4 atom stereocenters. The number of nitrogens with zero attached hydrogens (tertiary/aromatic N) is 1. The molecule has 3 aromatic rings. The molecular weight excluding hydrogens is 686 g/mol. The van der Waals surface area contributed by atoms with Gasteiger partial charge >= 0.3 is 34.5 Å². The first-order valence-corrected chi connectivity index (χ1v) is 20.9. The third kappa shape index (κ3) is 8.05. The van der Waals surface area contributed by atoms with E-state index in [0.29, 0.717) is 0 Å². The second-order valence-corrected chi connectivity index (χ2v) is 21.1. The first kappa shape index (κ1) is 34.3. The molecule has 1 aromatic heterocycles. The van der Waals surface area contributed by atoms with Crippen LogP contribution in [0.3, 0.4) is 0 Å². The zero-order valence-electron chi connectivity index (χ0n) is 24.8. The van der Waals surface area contributed by atoms with E-state index in [1.807, 2.05) is 30.3 Å². The summed E-state index contributed by atoms with van der Waals surface area (Å²) in [7, 11) is 10.9. The number of methoxy groups -OCH3 is 2. The summed E-state index contributed by atoms with van der Waals surface area (Å²) < 4.78 is 25.0. The maximum absolute atomic E-state index is 6.88. The van der Waals surface area contributed by atoms with Crippen LogP contribution in [0.5, 0.6) is 23.0 Å². The molecule has 3 heterocycles. The van der Waals surface area contributed by atoms with Crippen LogP contribution >= 0.6 is 35.2 Å². The Morgan fingerprint density at radius 2 is 1.22 bits per heavy atom. The molecular formula is C30H41Cl2N2O4P2Ru+. The number of fused-ring (bicyclic) bond motifs is 2. The second-order valence-electron chi connectivity index (χ2n) is 11.6. The van der Waals surface area contributed by atoms with E-state index in [4.69, 9.17) is 44.1 Å².